The number of rotatable bonds is 6. The molecular formula is C21H33N3O2. The molecule has 3 rings (SSSR count). The summed E-state index contributed by atoms with van der Waals surface area (Å²) < 4.78 is 0. The van der Waals surface area contributed by atoms with Crippen molar-refractivity contribution in [3.63, 3.8) is 0 Å². The lowest BCUT2D eigenvalue weighted by molar-refractivity contribution is -0.134. The highest BCUT2D eigenvalue weighted by atomic mass is 16.3. The van der Waals surface area contributed by atoms with Crippen LogP contribution in [-0.4, -0.2) is 53.2 Å². The first kappa shape index (κ1) is 19.2. The van der Waals surface area contributed by atoms with Crippen LogP contribution in [0.2, 0.25) is 0 Å². The lowest BCUT2D eigenvalue weighted by atomic mass is 9.84. The van der Waals surface area contributed by atoms with E-state index in [1.807, 2.05) is 23.2 Å². The zero-order valence-corrected chi connectivity index (χ0v) is 16.0. The molecule has 0 radical (unpaired) electrons. The van der Waals surface area contributed by atoms with Crippen LogP contribution in [0.15, 0.2) is 24.4 Å². The Morgan fingerprint density at radius 1 is 1.23 bits per heavy atom. The van der Waals surface area contributed by atoms with Crippen LogP contribution in [0.1, 0.15) is 51.9 Å². The Bertz CT molecular complexity index is 558. The summed E-state index contributed by atoms with van der Waals surface area (Å²) in [7, 11) is 0. The number of pyridine rings is 1. The molecule has 1 aliphatic heterocycles. The Kier molecular flexibility index (Phi) is 6.89. The SMILES string of the molecule is CCN(CC1CCN(c2ccccn2)CC1)C(=O)C[C@@H]1CCCC[C@H]1O. The second-order valence-electron chi connectivity index (χ2n) is 7.87. The molecule has 0 spiro atoms. The van der Waals surface area contributed by atoms with Crippen molar-refractivity contribution in [3.8, 4) is 0 Å². The number of carbonyl (C=O) groups excluding carboxylic acids is 1. The van der Waals surface area contributed by atoms with E-state index in [2.05, 4.69) is 22.9 Å². The van der Waals surface area contributed by atoms with Crippen LogP contribution in [0.5, 0.6) is 0 Å². The van der Waals surface area contributed by atoms with Crippen molar-refractivity contribution in [3.05, 3.63) is 24.4 Å². The zero-order chi connectivity index (χ0) is 18.4. The van der Waals surface area contributed by atoms with E-state index in [0.29, 0.717) is 12.3 Å². The lowest BCUT2D eigenvalue weighted by Crippen LogP contribution is -2.42. The second kappa shape index (κ2) is 9.36. The maximum absolute atomic E-state index is 12.7. The molecule has 26 heavy (non-hydrogen) atoms. The number of piperidine rings is 1. The van der Waals surface area contributed by atoms with E-state index < -0.39 is 0 Å². The molecule has 0 bridgehead atoms. The molecule has 5 nitrogen and oxygen atoms in total. The first-order valence-electron chi connectivity index (χ1n) is 10.3. The third kappa shape index (κ3) is 4.97. The summed E-state index contributed by atoms with van der Waals surface area (Å²) in [6.45, 7) is 5.71. The molecule has 1 N–H and O–H groups in total. The topological polar surface area (TPSA) is 56.7 Å². The van der Waals surface area contributed by atoms with Gasteiger partial charge in [-0.2, -0.15) is 0 Å². The van der Waals surface area contributed by atoms with Crippen LogP contribution in [0.3, 0.4) is 0 Å². The lowest BCUT2D eigenvalue weighted by Gasteiger charge is -2.36. The molecule has 1 amide bonds. The monoisotopic (exact) mass is 359 g/mol. The summed E-state index contributed by atoms with van der Waals surface area (Å²) in [6, 6.07) is 6.05. The number of aliphatic hydroxyl groups is 1. The van der Waals surface area contributed by atoms with Gasteiger partial charge in [-0.3, -0.25) is 4.79 Å². The Balaban J connectivity index is 1.47. The summed E-state index contributed by atoms with van der Waals surface area (Å²) >= 11 is 0. The number of aliphatic hydroxyl groups excluding tert-OH is 1. The van der Waals surface area contributed by atoms with Gasteiger partial charge < -0.3 is 14.9 Å². The third-order valence-corrected chi connectivity index (χ3v) is 6.11. The molecule has 144 valence electrons. The maximum Gasteiger partial charge on any atom is 0.222 e. The maximum atomic E-state index is 12.7. The molecule has 5 heteroatoms. The van der Waals surface area contributed by atoms with Crippen LogP contribution < -0.4 is 4.90 Å². The van der Waals surface area contributed by atoms with Crippen LogP contribution >= 0.6 is 0 Å². The summed E-state index contributed by atoms with van der Waals surface area (Å²) in [6.07, 6.45) is 8.38. The predicted molar refractivity (Wildman–Crippen MR) is 104 cm³/mol. The van der Waals surface area contributed by atoms with Crippen molar-refractivity contribution >= 4 is 11.7 Å². The second-order valence-corrected chi connectivity index (χ2v) is 7.87. The van der Waals surface area contributed by atoms with Crippen molar-refractivity contribution in [2.45, 2.75) is 58.0 Å². The fourth-order valence-electron chi connectivity index (χ4n) is 4.38. The highest BCUT2D eigenvalue weighted by molar-refractivity contribution is 5.76. The van der Waals surface area contributed by atoms with Gasteiger partial charge in [0.05, 0.1) is 6.10 Å². The largest absolute Gasteiger partial charge is 0.393 e. The minimum Gasteiger partial charge on any atom is -0.393 e. The molecule has 1 aliphatic carbocycles. The van der Waals surface area contributed by atoms with E-state index in [1.165, 1.54) is 0 Å². The fraction of sp³-hybridized carbons (Fsp3) is 0.714. The van der Waals surface area contributed by atoms with Crippen molar-refractivity contribution < 1.29 is 9.90 Å². The van der Waals surface area contributed by atoms with E-state index in [0.717, 1.165) is 70.5 Å². The molecule has 2 atom stereocenters. The summed E-state index contributed by atoms with van der Waals surface area (Å²) in [5.74, 6) is 2.01. The van der Waals surface area contributed by atoms with Gasteiger partial charge in [0.1, 0.15) is 5.82 Å². The molecular weight excluding hydrogens is 326 g/mol. The Morgan fingerprint density at radius 2 is 2.00 bits per heavy atom. The molecule has 2 aliphatic rings. The molecule has 0 aromatic carbocycles. The van der Waals surface area contributed by atoms with Crippen LogP contribution in [0.25, 0.3) is 0 Å². The fourth-order valence-corrected chi connectivity index (χ4v) is 4.38. The summed E-state index contributed by atoms with van der Waals surface area (Å²) in [5, 5.41) is 10.1. The standard InChI is InChI=1S/C21H33N3O2/c1-2-23(21(26)15-18-7-3-4-8-19(18)25)16-17-10-13-24(14-11-17)20-9-5-6-12-22-20/h5-6,9,12,17-19,25H,2-4,7-8,10-11,13-16H2,1H3/t18-,19+/m0/s1. The van der Waals surface area contributed by atoms with E-state index in [-0.39, 0.29) is 17.9 Å². The van der Waals surface area contributed by atoms with Crippen molar-refractivity contribution in [1.29, 1.82) is 0 Å². The van der Waals surface area contributed by atoms with E-state index in [9.17, 15) is 9.90 Å². The van der Waals surface area contributed by atoms with Crippen molar-refractivity contribution in [1.82, 2.24) is 9.88 Å². The number of carbonyl (C=O) groups is 1. The van der Waals surface area contributed by atoms with Crippen LogP contribution in [-0.2, 0) is 4.79 Å². The smallest absolute Gasteiger partial charge is 0.222 e. The minimum absolute atomic E-state index is 0.163. The van der Waals surface area contributed by atoms with Gasteiger partial charge >= 0.3 is 0 Å². The van der Waals surface area contributed by atoms with Gasteiger partial charge in [0.25, 0.3) is 0 Å². The van der Waals surface area contributed by atoms with E-state index in [4.69, 9.17) is 0 Å². The first-order valence-corrected chi connectivity index (χ1v) is 10.3. The van der Waals surface area contributed by atoms with Crippen molar-refractivity contribution in [2.75, 3.05) is 31.1 Å². The van der Waals surface area contributed by atoms with Crippen LogP contribution in [0.4, 0.5) is 5.82 Å². The highest BCUT2D eigenvalue weighted by Crippen LogP contribution is 2.28. The van der Waals surface area contributed by atoms with Gasteiger partial charge in [-0.25, -0.2) is 4.98 Å². The molecule has 1 saturated heterocycles. The number of nitrogens with zero attached hydrogens (tertiary/aromatic N) is 3. The molecule has 1 aromatic heterocycles. The van der Waals surface area contributed by atoms with Gasteiger partial charge in [0.2, 0.25) is 5.91 Å². The highest BCUT2D eigenvalue weighted by Gasteiger charge is 2.28. The molecule has 2 fully saturated rings. The van der Waals surface area contributed by atoms with Gasteiger partial charge in [-0.05, 0) is 56.6 Å². The summed E-state index contributed by atoms with van der Waals surface area (Å²) in [5.41, 5.74) is 0. The minimum atomic E-state index is -0.284. The van der Waals surface area contributed by atoms with E-state index >= 15 is 0 Å². The number of hydrogen-bond donors (Lipinski definition) is 1. The average molecular weight is 360 g/mol. The Labute approximate surface area is 157 Å². The normalized spacial score (nSPS) is 24.5. The predicted octanol–water partition coefficient (Wildman–Crippen LogP) is 3.09. The van der Waals surface area contributed by atoms with Gasteiger partial charge in [0.15, 0.2) is 0 Å². The molecule has 1 saturated carbocycles. The zero-order valence-electron chi connectivity index (χ0n) is 16.0. The number of amides is 1. The molecule has 2 heterocycles. The van der Waals surface area contributed by atoms with Crippen molar-refractivity contribution in [2.24, 2.45) is 11.8 Å². The molecule has 0 unspecified atom stereocenters. The van der Waals surface area contributed by atoms with Gasteiger partial charge in [-0.15, -0.1) is 0 Å². The average Bonchev–Trinajstić information content (AvgIpc) is 2.69. The van der Waals surface area contributed by atoms with E-state index in [1.54, 1.807) is 0 Å². The number of hydrogen-bond acceptors (Lipinski definition) is 4. The van der Waals surface area contributed by atoms with Gasteiger partial charge in [-0.1, -0.05) is 18.9 Å². The van der Waals surface area contributed by atoms with Gasteiger partial charge in [0, 0.05) is 38.8 Å². The number of anilines is 1. The number of aromatic nitrogens is 1. The summed E-state index contributed by atoms with van der Waals surface area (Å²) in [4.78, 5) is 21.5. The molecule has 1 aromatic rings. The first-order chi connectivity index (χ1) is 12.7. The Hall–Kier alpha value is -1.62. The Morgan fingerprint density at radius 3 is 2.65 bits per heavy atom. The van der Waals surface area contributed by atoms with Crippen LogP contribution in [0, 0.1) is 11.8 Å². The third-order valence-electron chi connectivity index (χ3n) is 6.11. The quantitative estimate of drug-likeness (QED) is 0.848.